The number of carboxylic acids is 1. The van der Waals surface area contributed by atoms with Crippen molar-refractivity contribution in [1.82, 2.24) is 0 Å². The maximum atomic E-state index is 10.4. The minimum absolute atomic E-state index is 0.273. The summed E-state index contributed by atoms with van der Waals surface area (Å²) in [4.78, 5) is 10.4. The molecule has 1 fully saturated rings. The van der Waals surface area contributed by atoms with Gasteiger partial charge in [0.2, 0.25) is 0 Å². The summed E-state index contributed by atoms with van der Waals surface area (Å²) >= 11 is 0. The number of carbonyl (C=O) groups is 1. The van der Waals surface area contributed by atoms with Crippen LogP contribution in [0.25, 0.3) is 0 Å². The molecular formula is C19H32O3. The molecule has 22 heavy (non-hydrogen) atoms. The number of unbranched alkanes of at least 4 members (excludes halogenated alkanes) is 6. The molecule has 1 N–H and O–H groups in total. The van der Waals surface area contributed by atoms with Crippen LogP contribution in [0, 0.1) is 17.8 Å². The zero-order chi connectivity index (χ0) is 16.0. The highest BCUT2D eigenvalue weighted by molar-refractivity contribution is 5.66. The van der Waals surface area contributed by atoms with Crippen molar-refractivity contribution in [2.45, 2.75) is 90.1 Å². The molecule has 0 bridgehead atoms. The van der Waals surface area contributed by atoms with Gasteiger partial charge >= 0.3 is 5.97 Å². The third-order valence-corrected chi connectivity index (χ3v) is 4.26. The highest BCUT2D eigenvalue weighted by atomic mass is 16.5. The summed E-state index contributed by atoms with van der Waals surface area (Å²) in [5.74, 6) is 6.49. The molecule has 0 aromatic rings. The molecule has 1 aliphatic rings. The fourth-order valence-corrected chi connectivity index (χ4v) is 2.92. The van der Waals surface area contributed by atoms with E-state index in [1.807, 2.05) is 0 Å². The van der Waals surface area contributed by atoms with Crippen LogP contribution in [0.2, 0.25) is 0 Å². The first-order chi connectivity index (χ1) is 10.7. The number of aliphatic carboxylic acids is 1. The van der Waals surface area contributed by atoms with Crippen LogP contribution in [-0.2, 0) is 9.53 Å². The largest absolute Gasteiger partial charge is 0.481 e. The zero-order valence-electron chi connectivity index (χ0n) is 14.1. The molecule has 0 heterocycles. The van der Waals surface area contributed by atoms with E-state index in [4.69, 9.17) is 9.84 Å². The summed E-state index contributed by atoms with van der Waals surface area (Å²) in [5, 5.41) is 8.58. The van der Waals surface area contributed by atoms with Crippen LogP contribution < -0.4 is 0 Å². The topological polar surface area (TPSA) is 46.5 Å². The molecule has 0 saturated heterocycles. The molecule has 1 saturated carbocycles. The van der Waals surface area contributed by atoms with Crippen molar-refractivity contribution in [1.29, 1.82) is 0 Å². The average Bonchev–Trinajstić information content (AvgIpc) is 2.93. The summed E-state index contributed by atoms with van der Waals surface area (Å²) in [6, 6.07) is 0. The molecule has 0 radical (unpaired) electrons. The van der Waals surface area contributed by atoms with Crippen molar-refractivity contribution in [3.05, 3.63) is 0 Å². The van der Waals surface area contributed by atoms with Crippen LogP contribution in [0.15, 0.2) is 0 Å². The number of rotatable bonds is 11. The van der Waals surface area contributed by atoms with Gasteiger partial charge in [-0.25, -0.2) is 0 Å². The molecule has 0 aromatic heterocycles. The van der Waals surface area contributed by atoms with E-state index in [2.05, 4.69) is 18.8 Å². The molecule has 0 amide bonds. The predicted molar refractivity (Wildman–Crippen MR) is 89.7 cm³/mol. The molecule has 3 heteroatoms. The number of hydrogen-bond donors (Lipinski definition) is 1. The maximum absolute atomic E-state index is 10.4. The summed E-state index contributed by atoms with van der Waals surface area (Å²) < 4.78 is 5.97. The lowest BCUT2D eigenvalue weighted by Gasteiger charge is -2.15. The van der Waals surface area contributed by atoms with Crippen molar-refractivity contribution in [3.8, 4) is 11.8 Å². The third kappa shape index (κ3) is 9.10. The van der Waals surface area contributed by atoms with Crippen molar-refractivity contribution in [3.63, 3.8) is 0 Å². The van der Waals surface area contributed by atoms with Gasteiger partial charge in [0, 0.05) is 25.4 Å². The smallest absolute Gasteiger partial charge is 0.303 e. The van der Waals surface area contributed by atoms with E-state index in [9.17, 15) is 4.79 Å². The number of carboxylic acid groups (broad SMARTS) is 1. The Bertz CT molecular complexity index is 353. The summed E-state index contributed by atoms with van der Waals surface area (Å²) in [7, 11) is 0. The van der Waals surface area contributed by atoms with E-state index < -0.39 is 5.97 Å². The molecule has 0 aliphatic heterocycles. The Balaban J connectivity index is 2.09. The molecule has 1 rings (SSSR count). The predicted octanol–water partition coefficient (Wildman–Crippen LogP) is 4.79. The van der Waals surface area contributed by atoms with E-state index in [0.29, 0.717) is 12.0 Å². The van der Waals surface area contributed by atoms with Gasteiger partial charge in [-0.1, -0.05) is 38.5 Å². The van der Waals surface area contributed by atoms with Gasteiger partial charge in [0.05, 0.1) is 6.10 Å². The van der Waals surface area contributed by atoms with Crippen molar-refractivity contribution < 1.29 is 14.6 Å². The highest BCUT2D eigenvalue weighted by Gasteiger charge is 2.26. The fourth-order valence-electron chi connectivity index (χ4n) is 2.92. The van der Waals surface area contributed by atoms with Gasteiger partial charge < -0.3 is 9.84 Å². The molecular weight excluding hydrogens is 276 g/mol. The molecule has 2 atom stereocenters. The van der Waals surface area contributed by atoms with E-state index >= 15 is 0 Å². The Hall–Kier alpha value is -1.01. The highest BCUT2D eigenvalue weighted by Crippen LogP contribution is 2.28. The second-order valence-electron chi connectivity index (χ2n) is 6.28. The van der Waals surface area contributed by atoms with Crippen LogP contribution in [-0.4, -0.2) is 23.8 Å². The van der Waals surface area contributed by atoms with Crippen molar-refractivity contribution in [2.24, 2.45) is 5.92 Å². The fraction of sp³-hybridized carbons (Fsp3) is 0.842. The van der Waals surface area contributed by atoms with E-state index in [0.717, 1.165) is 38.7 Å². The Morgan fingerprint density at radius 1 is 1.14 bits per heavy atom. The maximum Gasteiger partial charge on any atom is 0.303 e. The summed E-state index contributed by atoms with van der Waals surface area (Å²) in [5.41, 5.74) is 0. The Kier molecular flexibility index (Phi) is 10.8. The quantitative estimate of drug-likeness (QED) is 0.441. The van der Waals surface area contributed by atoms with Crippen LogP contribution in [0.4, 0.5) is 0 Å². The van der Waals surface area contributed by atoms with Gasteiger partial charge in [-0.2, -0.15) is 0 Å². The van der Waals surface area contributed by atoms with Crippen LogP contribution in [0.5, 0.6) is 0 Å². The molecule has 0 spiro atoms. The standard InChI is InChI=1S/C19H32O3/c1-2-3-4-5-6-8-12-17-13-11-14-18(17)22-16-10-7-9-15-19(20)21/h17-18H,2-7,9-11,13-16H2,1H3,(H,20,21)/t17-,18?/m0/s1. The van der Waals surface area contributed by atoms with E-state index in [1.54, 1.807) is 0 Å². The molecule has 3 nitrogen and oxygen atoms in total. The lowest BCUT2D eigenvalue weighted by molar-refractivity contribution is -0.137. The first kappa shape index (κ1) is 19.0. The van der Waals surface area contributed by atoms with E-state index in [-0.39, 0.29) is 6.42 Å². The lowest BCUT2D eigenvalue weighted by Crippen LogP contribution is -2.17. The van der Waals surface area contributed by atoms with Gasteiger partial charge in [0.15, 0.2) is 0 Å². The zero-order valence-corrected chi connectivity index (χ0v) is 14.1. The first-order valence-electron chi connectivity index (χ1n) is 9.05. The monoisotopic (exact) mass is 308 g/mol. The number of ether oxygens (including phenoxy) is 1. The van der Waals surface area contributed by atoms with Gasteiger partial charge in [-0.3, -0.25) is 4.79 Å². The van der Waals surface area contributed by atoms with Gasteiger partial charge in [-0.05, 0) is 38.5 Å². The molecule has 126 valence electrons. The van der Waals surface area contributed by atoms with Gasteiger partial charge in [0.1, 0.15) is 0 Å². The second kappa shape index (κ2) is 12.5. The SMILES string of the molecule is CCCCCCC#C[C@H]1CCCC1OCCCCCC(=O)O. The Morgan fingerprint density at radius 2 is 1.95 bits per heavy atom. The van der Waals surface area contributed by atoms with Gasteiger partial charge in [-0.15, -0.1) is 5.92 Å². The van der Waals surface area contributed by atoms with Crippen LogP contribution in [0.3, 0.4) is 0 Å². The molecule has 1 aliphatic carbocycles. The second-order valence-corrected chi connectivity index (χ2v) is 6.28. The third-order valence-electron chi connectivity index (χ3n) is 4.26. The minimum atomic E-state index is -0.703. The van der Waals surface area contributed by atoms with Crippen molar-refractivity contribution in [2.75, 3.05) is 6.61 Å². The Labute approximate surface area is 135 Å². The van der Waals surface area contributed by atoms with Crippen molar-refractivity contribution >= 4 is 5.97 Å². The normalized spacial score (nSPS) is 20.6. The van der Waals surface area contributed by atoms with Gasteiger partial charge in [0.25, 0.3) is 0 Å². The molecule has 1 unspecified atom stereocenters. The number of hydrogen-bond acceptors (Lipinski definition) is 2. The lowest BCUT2D eigenvalue weighted by atomic mass is 10.1. The molecule has 0 aromatic carbocycles. The Morgan fingerprint density at radius 3 is 2.73 bits per heavy atom. The minimum Gasteiger partial charge on any atom is -0.481 e. The first-order valence-corrected chi connectivity index (χ1v) is 9.05. The average molecular weight is 308 g/mol. The van der Waals surface area contributed by atoms with E-state index in [1.165, 1.54) is 38.5 Å². The van der Waals surface area contributed by atoms with Crippen LogP contribution >= 0.6 is 0 Å². The summed E-state index contributed by atoms with van der Waals surface area (Å²) in [6.07, 6.45) is 12.9. The van der Waals surface area contributed by atoms with Crippen LogP contribution in [0.1, 0.15) is 84.0 Å². The summed E-state index contributed by atoms with van der Waals surface area (Å²) in [6.45, 7) is 2.98.